The zero-order chi connectivity index (χ0) is 16.5. The standard InChI is InChI=1S/C19H15BrClN3/c20-14-7-5-13(6-8-14)11-24-10-9-17-18(12-24)23-19(22-17)15-3-1-2-4-16(15)21/h1-10H,11-12H2,(H,22,23). The molecule has 4 rings (SSSR count). The molecule has 0 spiro atoms. The van der Waals surface area contributed by atoms with Crippen molar-refractivity contribution in [3.63, 3.8) is 0 Å². The SMILES string of the molecule is Clc1ccccc1-c1nc2c([nH]1)CN(Cc1ccc(Br)cc1)C=C2. The van der Waals surface area contributed by atoms with Crippen molar-refractivity contribution in [3.8, 4) is 11.4 Å². The van der Waals surface area contributed by atoms with Crippen LogP contribution in [0.2, 0.25) is 5.02 Å². The van der Waals surface area contributed by atoms with Crippen LogP contribution in [0.25, 0.3) is 17.5 Å². The fourth-order valence-electron chi connectivity index (χ4n) is 2.83. The van der Waals surface area contributed by atoms with Crippen molar-refractivity contribution in [2.75, 3.05) is 0 Å². The molecular weight excluding hydrogens is 386 g/mol. The number of aromatic nitrogens is 2. The highest BCUT2D eigenvalue weighted by atomic mass is 79.9. The molecule has 0 amide bonds. The molecule has 120 valence electrons. The molecule has 0 fully saturated rings. The molecule has 5 heteroatoms. The Bertz CT molecular complexity index is 899. The van der Waals surface area contributed by atoms with Crippen molar-refractivity contribution in [1.82, 2.24) is 14.9 Å². The first kappa shape index (κ1) is 15.5. The highest BCUT2D eigenvalue weighted by Gasteiger charge is 2.17. The van der Waals surface area contributed by atoms with Crippen LogP contribution in [-0.4, -0.2) is 14.9 Å². The normalized spacial score (nSPS) is 13.2. The summed E-state index contributed by atoms with van der Waals surface area (Å²) in [5, 5.41) is 0.708. The lowest BCUT2D eigenvalue weighted by Crippen LogP contribution is -2.19. The molecule has 1 aromatic heterocycles. The van der Waals surface area contributed by atoms with Crippen LogP contribution in [0.4, 0.5) is 0 Å². The van der Waals surface area contributed by atoms with Gasteiger partial charge < -0.3 is 9.88 Å². The number of H-pyrrole nitrogens is 1. The number of nitrogens with zero attached hydrogens (tertiary/aromatic N) is 2. The highest BCUT2D eigenvalue weighted by Crippen LogP contribution is 2.28. The van der Waals surface area contributed by atoms with Crippen molar-refractivity contribution >= 4 is 33.6 Å². The average molecular weight is 401 g/mol. The van der Waals surface area contributed by atoms with Gasteiger partial charge in [-0.2, -0.15) is 0 Å². The third kappa shape index (κ3) is 3.12. The van der Waals surface area contributed by atoms with Gasteiger partial charge in [-0.05, 0) is 35.9 Å². The molecule has 3 aromatic rings. The molecule has 0 radical (unpaired) electrons. The third-order valence-electron chi connectivity index (χ3n) is 4.04. The lowest BCUT2D eigenvalue weighted by atomic mass is 10.2. The minimum atomic E-state index is 0.708. The van der Waals surface area contributed by atoms with Crippen LogP contribution < -0.4 is 0 Å². The Morgan fingerprint density at radius 2 is 1.92 bits per heavy atom. The summed E-state index contributed by atoms with van der Waals surface area (Å²) in [5.74, 6) is 0.820. The Balaban J connectivity index is 1.55. The predicted molar refractivity (Wildman–Crippen MR) is 101 cm³/mol. The molecule has 1 aliphatic heterocycles. The summed E-state index contributed by atoms with van der Waals surface area (Å²) in [7, 11) is 0. The van der Waals surface area contributed by atoms with Crippen LogP contribution in [0, 0.1) is 0 Å². The van der Waals surface area contributed by atoms with Gasteiger partial charge in [0.1, 0.15) is 5.82 Å². The fourth-order valence-corrected chi connectivity index (χ4v) is 3.32. The second-order valence-electron chi connectivity index (χ2n) is 5.78. The van der Waals surface area contributed by atoms with E-state index in [0.717, 1.165) is 40.3 Å². The second kappa shape index (κ2) is 6.46. The molecule has 3 nitrogen and oxygen atoms in total. The number of hydrogen-bond acceptors (Lipinski definition) is 2. The molecule has 0 saturated carbocycles. The maximum atomic E-state index is 6.28. The molecule has 0 bridgehead atoms. The summed E-state index contributed by atoms with van der Waals surface area (Å²) in [6.07, 6.45) is 4.15. The number of imidazole rings is 1. The van der Waals surface area contributed by atoms with Gasteiger partial charge in [-0.3, -0.25) is 0 Å². The summed E-state index contributed by atoms with van der Waals surface area (Å²) >= 11 is 9.75. The molecule has 0 saturated heterocycles. The van der Waals surface area contributed by atoms with Gasteiger partial charge >= 0.3 is 0 Å². The van der Waals surface area contributed by atoms with E-state index in [9.17, 15) is 0 Å². The van der Waals surface area contributed by atoms with E-state index >= 15 is 0 Å². The van der Waals surface area contributed by atoms with E-state index in [1.165, 1.54) is 5.56 Å². The van der Waals surface area contributed by atoms with Crippen LogP contribution in [0.15, 0.2) is 59.2 Å². The summed E-state index contributed by atoms with van der Waals surface area (Å²) < 4.78 is 1.10. The lowest BCUT2D eigenvalue weighted by molar-refractivity contribution is 0.355. The molecule has 0 aliphatic carbocycles. The largest absolute Gasteiger partial charge is 0.367 e. The van der Waals surface area contributed by atoms with Gasteiger partial charge in [0.15, 0.2) is 0 Å². The molecule has 2 aromatic carbocycles. The van der Waals surface area contributed by atoms with E-state index in [1.54, 1.807) is 0 Å². The highest BCUT2D eigenvalue weighted by molar-refractivity contribution is 9.10. The molecule has 0 atom stereocenters. The molecule has 24 heavy (non-hydrogen) atoms. The lowest BCUT2D eigenvalue weighted by Gasteiger charge is -2.23. The Kier molecular flexibility index (Phi) is 4.17. The van der Waals surface area contributed by atoms with Gasteiger partial charge in [0.05, 0.1) is 23.0 Å². The minimum Gasteiger partial charge on any atom is -0.367 e. The summed E-state index contributed by atoms with van der Waals surface area (Å²) in [6, 6.07) is 16.2. The Morgan fingerprint density at radius 1 is 1.12 bits per heavy atom. The van der Waals surface area contributed by atoms with Gasteiger partial charge in [-0.15, -0.1) is 0 Å². The summed E-state index contributed by atoms with van der Waals surface area (Å²) in [6.45, 7) is 1.67. The number of aromatic amines is 1. The first-order valence-corrected chi connectivity index (χ1v) is 8.86. The first-order chi connectivity index (χ1) is 11.7. The smallest absolute Gasteiger partial charge is 0.139 e. The summed E-state index contributed by atoms with van der Waals surface area (Å²) in [4.78, 5) is 10.4. The quantitative estimate of drug-likeness (QED) is 0.631. The molecule has 1 aliphatic rings. The van der Waals surface area contributed by atoms with E-state index in [4.69, 9.17) is 11.6 Å². The van der Waals surface area contributed by atoms with Gasteiger partial charge in [-0.1, -0.05) is 51.8 Å². The van der Waals surface area contributed by atoms with Gasteiger partial charge in [0.2, 0.25) is 0 Å². The Labute approximate surface area is 154 Å². The number of nitrogens with one attached hydrogen (secondary N) is 1. The molecule has 0 unspecified atom stereocenters. The Morgan fingerprint density at radius 3 is 2.71 bits per heavy atom. The van der Waals surface area contributed by atoms with E-state index in [2.05, 4.69) is 67.3 Å². The average Bonchev–Trinajstić information content (AvgIpc) is 3.00. The molecular formula is C19H15BrClN3. The summed E-state index contributed by atoms with van der Waals surface area (Å²) in [5.41, 5.74) is 4.31. The zero-order valence-electron chi connectivity index (χ0n) is 12.8. The van der Waals surface area contributed by atoms with Crippen LogP contribution in [0.3, 0.4) is 0 Å². The van der Waals surface area contributed by atoms with Gasteiger partial charge in [0, 0.05) is 22.8 Å². The van der Waals surface area contributed by atoms with Crippen LogP contribution in [0.5, 0.6) is 0 Å². The molecule has 2 heterocycles. The zero-order valence-corrected chi connectivity index (χ0v) is 15.2. The maximum absolute atomic E-state index is 6.28. The van der Waals surface area contributed by atoms with Gasteiger partial charge in [0.25, 0.3) is 0 Å². The van der Waals surface area contributed by atoms with E-state index in [1.807, 2.05) is 24.3 Å². The van der Waals surface area contributed by atoms with E-state index < -0.39 is 0 Å². The molecule has 1 N–H and O–H groups in total. The fraction of sp³-hybridized carbons (Fsp3) is 0.105. The number of benzene rings is 2. The minimum absolute atomic E-state index is 0.708. The topological polar surface area (TPSA) is 31.9 Å². The number of rotatable bonds is 3. The Hall–Kier alpha value is -2.04. The predicted octanol–water partition coefficient (Wildman–Crippen LogP) is 5.48. The van der Waals surface area contributed by atoms with Crippen LogP contribution >= 0.6 is 27.5 Å². The van der Waals surface area contributed by atoms with Crippen molar-refractivity contribution in [1.29, 1.82) is 0 Å². The second-order valence-corrected chi connectivity index (χ2v) is 7.10. The number of hydrogen-bond donors (Lipinski definition) is 1. The first-order valence-electron chi connectivity index (χ1n) is 7.69. The number of halogens is 2. The van der Waals surface area contributed by atoms with Crippen molar-refractivity contribution in [2.45, 2.75) is 13.1 Å². The maximum Gasteiger partial charge on any atom is 0.139 e. The van der Waals surface area contributed by atoms with Crippen LogP contribution in [0.1, 0.15) is 17.0 Å². The third-order valence-corrected chi connectivity index (χ3v) is 4.90. The van der Waals surface area contributed by atoms with E-state index in [0.29, 0.717) is 5.02 Å². The van der Waals surface area contributed by atoms with Crippen molar-refractivity contribution in [2.24, 2.45) is 0 Å². The van der Waals surface area contributed by atoms with Crippen LogP contribution in [-0.2, 0) is 13.1 Å². The number of fused-ring (bicyclic) bond motifs is 1. The van der Waals surface area contributed by atoms with Crippen molar-refractivity contribution < 1.29 is 0 Å². The van der Waals surface area contributed by atoms with Crippen molar-refractivity contribution in [3.05, 3.63) is 81.2 Å². The van der Waals surface area contributed by atoms with E-state index in [-0.39, 0.29) is 0 Å². The van der Waals surface area contributed by atoms with Gasteiger partial charge in [-0.25, -0.2) is 4.98 Å². The monoisotopic (exact) mass is 399 g/mol.